The van der Waals surface area contributed by atoms with E-state index in [-0.39, 0.29) is 5.75 Å². The van der Waals surface area contributed by atoms with Crippen molar-refractivity contribution in [2.45, 2.75) is 0 Å². The molecule has 4 rings (SSSR count). The number of nitrogens with zero attached hydrogens (tertiary/aromatic N) is 1. The number of aromatic nitrogens is 1. The average Bonchev–Trinajstić information content (AvgIpc) is 2.68. The van der Waals surface area contributed by atoms with Crippen LogP contribution in [0.15, 0.2) is 78.9 Å². The lowest BCUT2D eigenvalue weighted by atomic mass is 9.98. The number of phenols is 1. The Labute approximate surface area is 146 Å². The molecule has 1 heterocycles. The summed E-state index contributed by atoms with van der Waals surface area (Å²) < 4.78 is 5.23. The fraction of sp³-hybridized carbons (Fsp3) is 0.0455. The number of ether oxygens (including phenoxy) is 1. The van der Waals surface area contributed by atoms with Crippen LogP contribution in [0.3, 0.4) is 0 Å². The Morgan fingerprint density at radius 3 is 2.28 bits per heavy atom. The van der Waals surface area contributed by atoms with E-state index in [9.17, 15) is 5.11 Å². The third-order valence-electron chi connectivity index (χ3n) is 4.29. The van der Waals surface area contributed by atoms with Gasteiger partial charge in [0.05, 0.1) is 12.8 Å². The van der Waals surface area contributed by atoms with E-state index in [0.29, 0.717) is 5.52 Å². The van der Waals surface area contributed by atoms with Crippen LogP contribution >= 0.6 is 0 Å². The number of para-hydroxylation sites is 1. The van der Waals surface area contributed by atoms with Crippen LogP contribution in [-0.4, -0.2) is 17.2 Å². The highest BCUT2D eigenvalue weighted by Gasteiger charge is 2.12. The van der Waals surface area contributed by atoms with E-state index in [1.54, 1.807) is 13.2 Å². The van der Waals surface area contributed by atoms with E-state index in [2.05, 4.69) is 18.2 Å². The largest absolute Gasteiger partial charge is 0.506 e. The van der Waals surface area contributed by atoms with E-state index < -0.39 is 0 Å². The number of fused-ring (bicyclic) bond motifs is 1. The van der Waals surface area contributed by atoms with Gasteiger partial charge in [-0.25, -0.2) is 4.98 Å². The molecule has 25 heavy (non-hydrogen) atoms. The third kappa shape index (κ3) is 2.81. The first-order chi connectivity index (χ1) is 12.3. The number of hydrogen-bond donors (Lipinski definition) is 1. The summed E-state index contributed by atoms with van der Waals surface area (Å²) in [5.74, 6) is 0.987. The van der Waals surface area contributed by atoms with Crippen LogP contribution in [0, 0.1) is 0 Å². The Balaban J connectivity index is 1.98. The SMILES string of the molecule is COc1ccc(-c2cc(-c3ccccc3)c3cccc(O)c3n2)cc1. The number of phenolic OH excluding ortho intramolecular Hbond substituents is 1. The van der Waals surface area contributed by atoms with Gasteiger partial charge in [0, 0.05) is 10.9 Å². The fourth-order valence-electron chi connectivity index (χ4n) is 3.00. The second-order valence-corrected chi connectivity index (χ2v) is 5.82. The molecule has 0 bridgehead atoms. The minimum atomic E-state index is 0.185. The van der Waals surface area contributed by atoms with Crippen molar-refractivity contribution in [3.05, 3.63) is 78.9 Å². The molecule has 0 saturated heterocycles. The van der Waals surface area contributed by atoms with Crippen LogP contribution in [0.4, 0.5) is 0 Å². The normalized spacial score (nSPS) is 10.8. The quantitative estimate of drug-likeness (QED) is 0.556. The van der Waals surface area contributed by atoms with Crippen molar-refractivity contribution in [3.63, 3.8) is 0 Å². The van der Waals surface area contributed by atoms with Crippen LogP contribution in [0.25, 0.3) is 33.3 Å². The summed E-state index contributed by atoms with van der Waals surface area (Å²) in [6, 6.07) is 25.5. The third-order valence-corrected chi connectivity index (χ3v) is 4.29. The molecular weight excluding hydrogens is 310 g/mol. The zero-order valence-corrected chi connectivity index (χ0v) is 13.8. The van der Waals surface area contributed by atoms with Crippen LogP contribution in [0.5, 0.6) is 11.5 Å². The van der Waals surface area contributed by atoms with Crippen LogP contribution in [0.2, 0.25) is 0 Å². The Hall–Kier alpha value is -3.33. The van der Waals surface area contributed by atoms with Gasteiger partial charge in [-0.05, 0) is 47.5 Å². The maximum atomic E-state index is 10.3. The lowest BCUT2D eigenvalue weighted by Gasteiger charge is -2.11. The van der Waals surface area contributed by atoms with Gasteiger partial charge < -0.3 is 9.84 Å². The molecular formula is C22H17NO2. The molecule has 0 aliphatic heterocycles. The molecule has 0 fully saturated rings. The molecule has 122 valence electrons. The molecule has 3 heteroatoms. The monoisotopic (exact) mass is 327 g/mol. The highest BCUT2D eigenvalue weighted by molar-refractivity contribution is 5.99. The van der Waals surface area contributed by atoms with Crippen molar-refractivity contribution in [2.75, 3.05) is 7.11 Å². The number of aromatic hydroxyl groups is 1. The van der Waals surface area contributed by atoms with Gasteiger partial charge in [-0.2, -0.15) is 0 Å². The molecule has 0 atom stereocenters. The first-order valence-electron chi connectivity index (χ1n) is 8.09. The molecule has 1 aromatic heterocycles. The molecule has 0 unspecified atom stereocenters. The predicted molar refractivity (Wildman–Crippen MR) is 101 cm³/mol. The number of pyridine rings is 1. The van der Waals surface area contributed by atoms with Crippen molar-refractivity contribution in [3.8, 4) is 33.9 Å². The van der Waals surface area contributed by atoms with Gasteiger partial charge >= 0.3 is 0 Å². The molecule has 0 aliphatic carbocycles. The van der Waals surface area contributed by atoms with Crippen LogP contribution < -0.4 is 4.74 Å². The molecule has 3 nitrogen and oxygen atoms in total. The standard InChI is InChI=1S/C22H17NO2/c1-25-17-12-10-16(11-13-17)20-14-19(15-6-3-2-4-7-15)18-8-5-9-21(24)22(18)23-20/h2-14,24H,1H3. The van der Waals surface area contributed by atoms with Crippen LogP contribution in [0.1, 0.15) is 0 Å². The average molecular weight is 327 g/mol. The summed E-state index contributed by atoms with van der Waals surface area (Å²) >= 11 is 0. The minimum absolute atomic E-state index is 0.185. The molecule has 0 aliphatic rings. The number of rotatable bonds is 3. The second kappa shape index (κ2) is 6.29. The first kappa shape index (κ1) is 15.2. The summed E-state index contributed by atoms with van der Waals surface area (Å²) in [7, 11) is 1.65. The van der Waals surface area contributed by atoms with E-state index in [1.807, 2.05) is 54.6 Å². The molecule has 0 amide bonds. The van der Waals surface area contributed by atoms with Gasteiger partial charge in [0.2, 0.25) is 0 Å². The highest BCUT2D eigenvalue weighted by atomic mass is 16.5. The zero-order valence-electron chi connectivity index (χ0n) is 13.8. The maximum Gasteiger partial charge on any atom is 0.141 e. The van der Waals surface area contributed by atoms with Gasteiger partial charge in [0.25, 0.3) is 0 Å². The lowest BCUT2D eigenvalue weighted by molar-refractivity contribution is 0.415. The van der Waals surface area contributed by atoms with Gasteiger partial charge in [0.1, 0.15) is 17.0 Å². The van der Waals surface area contributed by atoms with E-state index >= 15 is 0 Å². The zero-order chi connectivity index (χ0) is 17.2. The Bertz CT molecular complexity index is 1030. The minimum Gasteiger partial charge on any atom is -0.506 e. The van der Waals surface area contributed by atoms with Gasteiger partial charge in [-0.15, -0.1) is 0 Å². The molecule has 3 aromatic carbocycles. The van der Waals surface area contributed by atoms with Crippen molar-refractivity contribution in [2.24, 2.45) is 0 Å². The van der Waals surface area contributed by atoms with E-state index in [4.69, 9.17) is 9.72 Å². The van der Waals surface area contributed by atoms with Crippen molar-refractivity contribution < 1.29 is 9.84 Å². The van der Waals surface area contributed by atoms with E-state index in [1.165, 1.54) is 0 Å². The van der Waals surface area contributed by atoms with Crippen molar-refractivity contribution in [1.82, 2.24) is 4.98 Å². The van der Waals surface area contributed by atoms with Crippen molar-refractivity contribution >= 4 is 10.9 Å². The molecule has 4 aromatic rings. The topological polar surface area (TPSA) is 42.4 Å². The van der Waals surface area contributed by atoms with Crippen molar-refractivity contribution in [1.29, 1.82) is 0 Å². The predicted octanol–water partition coefficient (Wildman–Crippen LogP) is 5.28. The summed E-state index contributed by atoms with van der Waals surface area (Å²) in [5, 5.41) is 11.2. The first-order valence-corrected chi connectivity index (χ1v) is 8.09. The lowest BCUT2D eigenvalue weighted by Crippen LogP contribution is -1.91. The molecule has 0 radical (unpaired) electrons. The van der Waals surface area contributed by atoms with Gasteiger partial charge in [-0.1, -0.05) is 42.5 Å². The van der Waals surface area contributed by atoms with Gasteiger partial charge in [-0.3, -0.25) is 0 Å². The molecule has 0 spiro atoms. The summed E-state index contributed by atoms with van der Waals surface area (Å²) in [4.78, 5) is 4.70. The molecule has 0 saturated carbocycles. The Kier molecular flexibility index (Phi) is 3.82. The summed E-state index contributed by atoms with van der Waals surface area (Å²) in [6.07, 6.45) is 0. The summed E-state index contributed by atoms with van der Waals surface area (Å²) in [6.45, 7) is 0. The Morgan fingerprint density at radius 2 is 1.56 bits per heavy atom. The summed E-state index contributed by atoms with van der Waals surface area (Å²) in [5.41, 5.74) is 4.54. The Morgan fingerprint density at radius 1 is 0.800 bits per heavy atom. The second-order valence-electron chi connectivity index (χ2n) is 5.82. The maximum absolute atomic E-state index is 10.3. The smallest absolute Gasteiger partial charge is 0.141 e. The number of methoxy groups -OCH3 is 1. The highest BCUT2D eigenvalue weighted by Crippen LogP contribution is 2.35. The molecule has 1 N–H and O–H groups in total. The number of hydrogen-bond acceptors (Lipinski definition) is 3. The fourth-order valence-corrected chi connectivity index (χ4v) is 3.00. The van der Waals surface area contributed by atoms with E-state index in [0.717, 1.165) is 33.5 Å². The van der Waals surface area contributed by atoms with Gasteiger partial charge in [0.15, 0.2) is 0 Å². The number of benzene rings is 3. The van der Waals surface area contributed by atoms with Crippen LogP contribution in [-0.2, 0) is 0 Å².